The van der Waals surface area contributed by atoms with E-state index < -0.39 is 5.82 Å². The van der Waals surface area contributed by atoms with Crippen molar-refractivity contribution in [3.05, 3.63) is 35.1 Å². The Morgan fingerprint density at radius 3 is 2.75 bits per heavy atom. The van der Waals surface area contributed by atoms with E-state index >= 15 is 0 Å². The van der Waals surface area contributed by atoms with Gasteiger partial charge in [0.25, 0.3) is 0 Å². The fourth-order valence-electron chi connectivity index (χ4n) is 0.391. The summed E-state index contributed by atoms with van der Waals surface area (Å²) in [5.41, 5.74) is 0. The molecule has 0 aromatic heterocycles. The van der Waals surface area contributed by atoms with Crippen molar-refractivity contribution in [2.75, 3.05) is 0 Å². The Labute approximate surface area is 51.9 Å². The van der Waals surface area contributed by atoms with Gasteiger partial charge in [-0.1, -0.05) is 17.7 Å². The second-order valence-corrected chi connectivity index (χ2v) is 1.75. The summed E-state index contributed by atoms with van der Waals surface area (Å²) in [4.78, 5) is 0. The molecule has 0 aliphatic rings. The van der Waals surface area contributed by atoms with Gasteiger partial charge in [-0.15, -0.1) is 0 Å². The highest BCUT2D eigenvalue weighted by Gasteiger charge is 1.91. The summed E-state index contributed by atoms with van der Waals surface area (Å²) in [5.74, 6) is -0.422. The lowest BCUT2D eigenvalue weighted by atomic mass is 10.4. The van der Waals surface area contributed by atoms with E-state index in [1.54, 1.807) is 6.07 Å². The molecular weight excluding hydrogens is 127 g/mol. The minimum atomic E-state index is -0.422. The first-order valence-corrected chi connectivity index (χ1v) is 2.49. The van der Waals surface area contributed by atoms with Crippen LogP contribution < -0.4 is 0 Å². The molecule has 0 spiro atoms. The van der Waals surface area contributed by atoms with Gasteiger partial charge >= 0.3 is 0 Å². The molecule has 1 aromatic carbocycles. The maximum atomic E-state index is 12.2. The van der Waals surface area contributed by atoms with Crippen LogP contribution in [0, 0.1) is 11.9 Å². The van der Waals surface area contributed by atoms with Crippen molar-refractivity contribution in [1.82, 2.24) is 0 Å². The quantitative estimate of drug-likeness (QED) is 0.504. The SMILES string of the molecule is Fc1c[c]ccc1Cl. The van der Waals surface area contributed by atoms with Gasteiger partial charge in [0.15, 0.2) is 0 Å². The second-order valence-electron chi connectivity index (χ2n) is 1.34. The van der Waals surface area contributed by atoms with Crippen molar-refractivity contribution in [2.45, 2.75) is 0 Å². The summed E-state index contributed by atoms with van der Waals surface area (Å²) in [6.45, 7) is 0. The molecule has 8 heavy (non-hydrogen) atoms. The second kappa shape index (κ2) is 2.14. The lowest BCUT2D eigenvalue weighted by Gasteiger charge is -1.86. The van der Waals surface area contributed by atoms with Crippen LogP contribution in [0.3, 0.4) is 0 Å². The molecule has 2 heteroatoms. The van der Waals surface area contributed by atoms with Gasteiger partial charge in [0.1, 0.15) is 5.82 Å². The highest BCUT2D eigenvalue weighted by Crippen LogP contribution is 2.10. The van der Waals surface area contributed by atoms with Crippen LogP contribution in [-0.4, -0.2) is 0 Å². The smallest absolute Gasteiger partial charge is 0.142 e. The molecule has 0 unspecified atom stereocenters. The average Bonchev–Trinajstić information content (AvgIpc) is 1.77. The summed E-state index contributed by atoms with van der Waals surface area (Å²) in [6, 6.07) is 6.75. The molecule has 1 aromatic rings. The molecule has 0 saturated carbocycles. The Bertz CT molecular complexity index is 165. The maximum absolute atomic E-state index is 12.2. The Morgan fingerprint density at radius 2 is 2.38 bits per heavy atom. The van der Waals surface area contributed by atoms with Crippen molar-refractivity contribution >= 4 is 11.6 Å². The molecule has 0 aliphatic carbocycles. The van der Waals surface area contributed by atoms with E-state index in [4.69, 9.17) is 11.6 Å². The van der Waals surface area contributed by atoms with Crippen LogP contribution in [0.25, 0.3) is 0 Å². The Balaban J connectivity index is 3.13. The third-order valence-corrected chi connectivity index (χ3v) is 1.07. The number of benzene rings is 1. The fraction of sp³-hybridized carbons (Fsp3) is 0. The predicted octanol–water partition coefficient (Wildman–Crippen LogP) is 2.28. The molecule has 0 heterocycles. The summed E-state index contributed by atoms with van der Waals surface area (Å²) < 4.78 is 12.2. The van der Waals surface area contributed by atoms with E-state index in [0.29, 0.717) is 0 Å². The minimum Gasteiger partial charge on any atom is -0.205 e. The predicted molar refractivity (Wildman–Crippen MR) is 30.2 cm³/mol. The zero-order chi connectivity index (χ0) is 5.98. The summed E-state index contributed by atoms with van der Waals surface area (Å²) >= 11 is 5.31. The summed E-state index contributed by atoms with van der Waals surface area (Å²) in [6.07, 6.45) is 0. The minimum absolute atomic E-state index is 0.142. The number of rotatable bonds is 0. The monoisotopic (exact) mass is 129 g/mol. The van der Waals surface area contributed by atoms with Gasteiger partial charge in [0, 0.05) is 0 Å². The van der Waals surface area contributed by atoms with Gasteiger partial charge < -0.3 is 0 Å². The largest absolute Gasteiger partial charge is 0.205 e. The van der Waals surface area contributed by atoms with Crippen LogP contribution in [0.2, 0.25) is 5.02 Å². The molecule has 0 saturated heterocycles. The Kier molecular flexibility index (Phi) is 1.49. The maximum Gasteiger partial charge on any atom is 0.142 e. The van der Waals surface area contributed by atoms with Gasteiger partial charge in [-0.3, -0.25) is 0 Å². The van der Waals surface area contributed by atoms with Crippen molar-refractivity contribution in [3.8, 4) is 0 Å². The van der Waals surface area contributed by atoms with E-state index in [0.717, 1.165) is 0 Å². The molecule has 0 aliphatic heterocycles. The summed E-state index contributed by atoms with van der Waals surface area (Å²) in [5, 5.41) is 0.142. The van der Waals surface area contributed by atoms with Crippen LogP contribution in [0.4, 0.5) is 4.39 Å². The van der Waals surface area contributed by atoms with Crippen molar-refractivity contribution in [3.63, 3.8) is 0 Å². The molecule has 0 N–H and O–H groups in total. The topological polar surface area (TPSA) is 0 Å². The highest BCUT2D eigenvalue weighted by molar-refractivity contribution is 6.30. The normalized spacial score (nSPS) is 9.25. The lowest BCUT2D eigenvalue weighted by molar-refractivity contribution is 0.628. The molecular formula is C6H3ClF. The van der Waals surface area contributed by atoms with Crippen molar-refractivity contribution < 1.29 is 4.39 Å². The lowest BCUT2D eigenvalue weighted by Crippen LogP contribution is -1.70. The van der Waals surface area contributed by atoms with Gasteiger partial charge in [0.05, 0.1) is 5.02 Å². The van der Waals surface area contributed by atoms with E-state index in [-0.39, 0.29) is 5.02 Å². The molecule has 0 atom stereocenters. The van der Waals surface area contributed by atoms with Crippen LogP contribution in [0.1, 0.15) is 0 Å². The number of hydrogen-bond donors (Lipinski definition) is 0. The molecule has 0 fully saturated rings. The molecule has 41 valence electrons. The first-order valence-electron chi connectivity index (χ1n) is 2.12. The number of hydrogen-bond acceptors (Lipinski definition) is 0. The molecule has 0 amide bonds. The van der Waals surface area contributed by atoms with Gasteiger partial charge in [0.2, 0.25) is 0 Å². The zero-order valence-corrected chi connectivity index (χ0v) is 4.74. The van der Waals surface area contributed by atoms with Gasteiger partial charge in [-0.25, -0.2) is 4.39 Å². The van der Waals surface area contributed by atoms with Gasteiger partial charge in [-0.2, -0.15) is 0 Å². The number of halogens is 2. The Hall–Kier alpha value is -0.560. The van der Waals surface area contributed by atoms with E-state index in [1.165, 1.54) is 12.1 Å². The molecule has 0 nitrogen and oxygen atoms in total. The van der Waals surface area contributed by atoms with Gasteiger partial charge in [-0.05, 0) is 18.2 Å². The van der Waals surface area contributed by atoms with E-state index in [9.17, 15) is 4.39 Å². The molecule has 1 radical (unpaired) electrons. The zero-order valence-electron chi connectivity index (χ0n) is 3.99. The van der Waals surface area contributed by atoms with Crippen LogP contribution >= 0.6 is 11.6 Å². The van der Waals surface area contributed by atoms with Crippen LogP contribution in [-0.2, 0) is 0 Å². The van der Waals surface area contributed by atoms with E-state index in [1.807, 2.05) is 0 Å². The Morgan fingerprint density at radius 1 is 1.62 bits per heavy atom. The summed E-state index contributed by atoms with van der Waals surface area (Å²) in [7, 11) is 0. The highest BCUT2D eigenvalue weighted by atomic mass is 35.5. The third-order valence-electron chi connectivity index (χ3n) is 0.764. The first kappa shape index (κ1) is 5.57. The average molecular weight is 130 g/mol. The van der Waals surface area contributed by atoms with Crippen molar-refractivity contribution in [1.29, 1.82) is 0 Å². The molecule has 1 rings (SSSR count). The van der Waals surface area contributed by atoms with E-state index in [2.05, 4.69) is 6.07 Å². The molecule has 0 bridgehead atoms. The van der Waals surface area contributed by atoms with Crippen LogP contribution in [0.15, 0.2) is 18.2 Å². The standard InChI is InChI=1S/C6H3ClF/c7-5-3-1-2-4-6(5)8/h1,3-4H. The third kappa shape index (κ3) is 0.984. The fourth-order valence-corrected chi connectivity index (χ4v) is 0.509. The van der Waals surface area contributed by atoms with Crippen molar-refractivity contribution in [2.24, 2.45) is 0 Å². The first-order chi connectivity index (χ1) is 3.80. The van der Waals surface area contributed by atoms with Crippen LogP contribution in [0.5, 0.6) is 0 Å².